The van der Waals surface area contributed by atoms with Gasteiger partial charge in [0.2, 0.25) is 15.8 Å². The van der Waals surface area contributed by atoms with Gasteiger partial charge < -0.3 is 9.52 Å². The monoisotopic (exact) mass is 323 g/mol. The number of carbonyl (C=O) groups is 1. The molecule has 1 fully saturated rings. The Morgan fingerprint density at radius 2 is 2.24 bits per heavy atom. The summed E-state index contributed by atoms with van der Waals surface area (Å²) in [6.45, 7) is 1.93. The number of aromatic carboxylic acids is 1. The lowest BCUT2D eigenvalue weighted by Gasteiger charge is -2.02. The van der Waals surface area contributed by atoms with Gasteiger partial charge in [-0.3, -0.25) is 0 Å². The number of carboxylic acid groups (broad SMARTS) is 1. The fourth-order valence-corrected chi connectivity index (χ4v) is 3.69. The Morgan fingerprint density at radius 3 is 2.65 bits per heavy atom. The molecule has 2 atom stereocenters. The van der Waals surface area contributed by atoms with Gasteiger partial charge in [-0.15, -0.1) is 0 Å². The second-order valence-electron chi connectivity index (χ2n) is 3.99. The van der Waals surface area contributed by atoms with Gasteiger partial charge in [-0.1, -0.05) is 6.92 Å². The summed E-state index contributed by atoms with van der Waals surface area (Å²) in [5.74, 6) is -1.41. The third-order valence-corrected chi connectivity index (χ3v) is 4.92. The molecule has 0 spiro atoms. The molecule has 17 heavy (non-hydrogen) atoms. The molecule has 2 N–H and O–H groups in total. The predicted molar refractivity (Wildman–Crippen MR) is 61.3 cm³/mol. The number of sulfonamides is 1. The molecule has 0 saturated heterocycles. The van der Waals surface area contributed by atoms with Crippen LogP contribution in [0.15, 0.2) is 20.0 Å². The van der Waals surface area contributed by atoms with Crippen molar-refractivity contribution in [2.75, 3.05) is 0 Å². The summed E-state index contributed by atoms with van der Waals surface area (Å²) < 4.78 is 30.9. The van der Waals surface area contributed by atoms with Crippen molar-refractivity contribution >= 4 is 31.9 Å². The lowest BCUT2D eigenvalue weighted by molar-refractivity contribution is 0.0661. The zero-order valence-corrected chi connectivity index (χ0v) is 11.2. The van der Waals surface area contributed by atoms with E-state index in [0.29, 0.717) is 5.92 Å². The summed E-state index contributed by atoms with van der Waals surface area (Å²) in [6.07, 6.45) is 0.792. The normalized spacial score (nSPS) is 23.6. The van der Waals surface area contributed by atoms with Crippen LogP contribution in [0.2, 0.25) is 0 Å². The largest absolute Gasteiger partial charge is 0.475 e. The second kappa shape index (κ2) is 4.11. The molecule has 6 nitrogen and oxygen atoms in total. The molecule has 0 bridgehead atoms. The Kier molecular flexibility index (Phi) is 3.04. The minimum Gasteiger partial charge on any atom is -0.475 e. The quantitative estimate of drug-likeness (QED) is 0.873. The first-order chi connectivity index (χ1) is 7.81. The van der Waals surface area contributed by atoms with E-state index < -0.39 is 21.8 Å². The Morgan fingerprint density at radius 1 is 1.65 bits per heavy atom. The Labute approximate surface area is 106 Å². The van der Waals surface area contributed by atoms with Gasteiger partial charge in [0.15, 0.2) is 4.67 Å². The SMILES string of the molecule is CC1CC1NS(=O)(=O)c1cc(C(=O)O)oc1Br. The van der Waals surface area contributed by atoms with E-state index in [1.807, 2.05) is 6.92 Å². The van der Waals surface area contributed by atoms with Crippen LogP contribution in [0.1, 0.15) is 23.9 Å². The first-order valence-corrected chi connectivity index (χ1v) is 7.14. The molecule has 2 rings (SSSR count). The van der Waals surface area contributed by atoms with Gasteiger partial charge in [0.1, 0.15) is 4.90 Å². The standard InChI is InChI=1S/C9H10BrNO5S/c1-4-2-5(4)11-17(14,15)7-3-6(9(12)13)16-8(7)10/h3-5,11H,2H2,1H3,(H,12,13). The van der Waals surface area contributed by atoms with Gasteiger partial charge in [-0.2, -0.15) is 0 Å². The minimum absolute atomic E-state index is 0.0740. The number of furan rings is 1. The van der Waals surface area contributed by atoms with Gasteiger partial charge >= 0.3 is 5.97 Å². The molecular formula is C9H10BrNO5S. The van der Waals surface area contributed by atoms with Crippen LogP contribution >= 0.6 is 15.9 Å². The number of hydrogen-bond acceptors (Lipinski definition) is 4. The Bertz CT molecular complexity index is 564. The van der Waals surface area contributed by atoms with Gasteiger partial charge in [-0.25, -0.2) is 17.9 Å². The lowest BCUT2D eigenvalue weighted by Crippen LogP contribution is -2.26. The van der Waals surface area contributed by atoms with Gasteiger partial charge in [0, 0.05) is 12.1 Å². The zero-order chi connectivity index (χ0) is 12.8. The average Bonchev–Trinajstić information content (AvgIpc) is 2.74. The molecule has 94 valence electrons. The number of nitrogens with one attached hydrogen (secondary N) is 1. The Hall–Kier alpha value is -0.860. The first kappa shape index (κ1) is 12.6. The van der Waals surface area contributed by atoms with Crippen LogP contribution in [0.4, 0.5) is 0 Å². The smallest absolute Gasteiger partial charge is 0.371 e. The van der Waals surface area contributed by atoms with E-state index in [0.717, 1.165) is 12.5 Å². The number of carboxylic acids is 1. The molecule has 0 aliphatic heterocycles. The number of rotatable bonds is 4. The van der Waals surface area contributed by atoms with Crippen molar-refractivity contribution in [3.05, 3.63) is 16.5 Å². The minimum atomic E-state index is -3.73. The predicted octanol–water partition coefficient (Wildman–Crippen LogP) is 1.43. The summed E-state index contributed by atoms with van der Waals surface area (Å²) >= 11 is 2.90. The number of halogens is 1. The molecule has 1 aliphatic carbocycles. The van der Waals surface area contributed by atoms with E-state index >= 15 is 0 Å². The van der Waals surface area contributed by atoms with Crippen LogP contribution in [0.3, 0.4) is 0 Å². The van der Waals surface area contributed by atoms with E-state index in [-0.39, 0.29) is 15.6 Å². The first-order valence-electron chi connectivity index (χ1n) is 4.86. The molecule has 8 heteroatoms. The van der Waals surface area contributed by atoms with Crippen LogP contribution in [-0.4, -0.2) is 25.5 Å². The van der Waals surface area contributed by atoms with Crippen molar-refractivity contribution in [2.45, 2.75) is 24.3 Å². The van der Waals surface area contributed by atoms with Crippen molar-refractivity contribution in [3.8, 4) is 0 Å². The molecule has 1 aromatic heterocycles. The van der Waals surface area contributed by atoms with Gasteiger partial charge in [0.25, 0.3) is 0 Å². The van der Waals surface area contributed by atoms with Crippen LogP contribution in [0.25, 0.3) is 0 Å². The fourth-order valence-electron chi connectivity index (χ4n) is 1.39. The summed E-state index contributed by atoms with van der Waals surface area (Å²) in [6, 6.07) is 0.914. The highest BCUT2D eigenvalue weighted by Crippen LogP contribution is 2.32. The molecule has 2 unspecified atom stereocenters. The van der Waals surface area contributed by atoms with Crippen molar-refractivity contribution in [1.29, 1.82) is 0 Å². The van der Waals surface area contributed by atoms with E-state index in [4.69, 9.17) is 9.52 Å². The van der Waals surface area contributed by atoms with Crippen LogP contribution in [-0.2, 0) is 10.0 Å². The molecular weight excluding hydrogens is 314 g/mol. The fraction of sp³-hybridized carbons (Fsp3) is 0.444. The highest BCUT2D eigenvalue weighted by atomic mass is 79.9. The maximum Gasteiger partial charge on any atom is 0.371 e. The molecule has 1 aromatic rings. The van der Waals surface area contributed by atoms with Crippen LogP contribution in [0.5, 0.6) is 0 Å². The molecule has 1 aliphatic rings. The van der Waals surface area contributed by atoms with Gasteiger partial charge in [-0.05, 0) is 28.3 Å². The maximum atomic E-state index is 11.9. The van der Waals surface area contributed by atoms with Crippen LogP contribution in [0, 0.1) is 5.92 Å². The summed E-state index contributed by atoms with van der Waals surface area (Å²) in [7, 11) is -3.73. The van der Waals surface area contributed by atoms with E-state index in [1.54, 1.807) is 0 Å². The average molecular weight is 324 g/mol. The summed E-state index contributed by atoms with van der Waals surface area (Å²) in [5.41, 5.74) is 0. The third-order valence-electron chi connectivity index (χ3n) is 2.57. The third kappa shape index (κ3) is 2.53. The molecule has 0 aromatic carbocycles. The molecule has 0 radical (unpaired) electrons. The number of hydrogen-bond donors (Lipinski definition) is 2. The molecule has 1 heterocycles. The summed E-state index contributed by atoms with van der Waals surface area (Å²) in [4.78, 5) is 10.5. The zero-order valence-electron chi connectivity index (χ0n) is 8.81. The molecule has 1 saturated carbocycles. The molecule has 0 amide bonds. The maximum absolute atomic E-state index is 11.9. The van der Waals surface area contributed by atoms with Crippen molar-refractivity contribution in [3.63, 3.8) is 0 Å². The highest BCUT2D eigenvalue weighted by Gasteiger charge is 2.37. The second-order valence-corrected chi connectivity index (χ2v) is 6.40. The highest BCUT2D eigenvalue weighted by molar-refractivity contribution is 9.10. The van der Waals surface area contributed by atoms with Crippen molar-refractivity contribution < 1.29 is 22.7 Å². The van der Waals surface area contributed by atoms with E-state index in [2.05, 4.69) is 20.7 Å². The van der Waals surface area contributed by atoms with E-state index in [9.17, 15) is 13.2 Å². The Balaban J connectivity index is 2.29. The van der Waals surface area contributed by atoms with Crippen molar-refractivity contribution in [1.82, 2.24) is 4.72 Å². The lowest BCUT2D eigenvalue weighted by atomic mass is 10.5. The topological polar surface area (TPSA) is 96.6 Å². The van der Waals surface area contributed by atoms with Gasteiger partial charge in [0.05, 0.1) is 0 Å². The summed E-state index contributed by atoms with van der Waals surface area (Å²) in [5, 5.41) is 8.69. The van der Waals surface area contributed by atoms with Crippen molar-refractivity contribution in [2.24, 2.45) is 5.92 Å². The van der Waals surface area contributed by atoms with Crippen LogP contribution < -0.4 is 4.72 Å². The van der Waals surface area contributed by atoms with E-state index in [1.165, 1.54) is 0 Å².